The van der Waals surface area contributed by atoms with Gasteiger partial charge in [-0.25, -0.2) is 0 Å². The number of pyridine rings is 1. The van der Waals surface area contributed by atoms with Crippen molar-refractivity contribution in [3.8, 4) is 23.3 Å². The van der Waals surface area contributed by atoms with E-state index in [1.165, 1.54) is 0 Å². The Hall–Kier alpha value is -3.52. The normalized spacial score (nSPS) is 12.9. The minimum absolute atomic E-state index is 0.256. The highest BCUT2D eigenvalue weighted by atomic mass is 16.7. The molecule has 0 N–H and O–H groups in total. The van der Waals surface area contributed by atoms with Crippen molar-refractivity contribution in [1.82, 2.24) is 9.55 Å². The van der Waals surface area contributed by atoms with E-state index in [1.807, 2.05) is 56.3 Å². The quantitative estimate of drug-likeness (QED) is 0.666. The van der Waals surface area contributed by atoms with Gasteiger partial charge in [0, 0.05) is 29.3 Å². The van der Waals surface area contributed by atoms with E-state index in [-0.39, 0.29) is 6.79 Å². The molecule has 1 aliphatic heterocycles. The minimum Gasteiger partial charge on any atom is -0.454 e. The van der Waals surface area contributed by atoms with Crippen LogP contribution in [-0.4, -0.2) is 16.3 Å². The Kier molecular flexibility index (Phi) is 3.94. The highest BCUT2D eigenvalue weighted by Gasteiger charge is 2.16. The molecule has 0 atom stereocenters. The number of benzene rings is 1. The number of hydrogen-bond donors (Lipinski definition) is 0. The minimum atomic E-state index is 0.256. The van der Waals surface area contributed by atoms with Crippen LogP contribution in [0, 0.1) is 25.2 Å². The Morgan fingerprint density at radius 3 is 2.77 bits per heavy atom. The second kappa shape index (κ2) is 6.41. The van der Waals surface area contributed by atoms with Gasteiger partial charge in [0.15, 0.2) is 11.5 Å². The number of hydrogen-bond acceptors (Lipinski definition) is 4. The molecule has 0 spiro atoms. The van der Waals surface area contributed by atoms with Gasteiger partial charge in [0.2, 0.25) is 6.79 Å². The number of rotatable bonds is 3. The number of nitriles is 1. The molecule has 0 unspecified atom stereocenters. The maximum absolute atomic E-state index is 9.54. The molecule has 0 radical (unpaired) electrons. The number of ether oxygens (including phenoxy) is 2. The molecule has 0 amide bonds. The molecule has 0 saturated carbocycles. The fourth-order valence-electron chi connectivity index (χ4n) is 3.20. The zero-order chi connectivity index (χ0) is 18.1. The smallest absolute Gasteiger partial charge is 0.231 e. The van der Waals surface area contributed by atoms with Crippen LogP contribution >= 0.6 is 0 Å². The van der Waals surface area contributed by atoms with Crippen molar-refractivity contribution in [3.63, 3.8) is 0 Å². The molecular weight excluding hydrogens is 326 g/mol. The summed E-state index contributed by atoms with van der Waals surface area (Å²) >= 11 is 0. The molecule has 128 valence electrons. The molecular formula is C21H17N3O2. The van der Waals surface area contributed by atoms with Gasteiger partial charge in [0.05, 0.1) is 11.3 Å². The molecule has 0 saturated heterocycles. The summed E-state index contributed by atoms with van der Waals surface area (Å²) in [4.78, 5) is 4.27. The van der Waals surface area contributed by atoms with Crippen LogP contribution in [0.5, 0.6) is 11.5 Å². The molecule has 0 aliphatic carbocycles. The van der Waals surface area contributed by atoms with Crippen LogP contribution in [0.25, 0.3) is 17.3 Å². The average molecular weight is 343 g/mol. The predicted molar refractivity (Wildman–Crippen MR) is 99.1 cm³/mol. The van der Waals surface area contributed by atoms with Crippen molar-refractivity contribution in [2.75, 3.05) is 6.79 Å². The molecule has 26 heavy (non-hydrogen) atoms. The van der Waals surface area contributed by atoms with Gasteiger partial charge in [-0.15, -0.1) is 0 Å². The molecule has 2 aromatic heterocycles. The lowest BCUT2D eigenvalue weighted by atomic mass is 10.1. The van der Waals surface area contributed by atoms with E-state index in [2.05, 4.69) is 21.7 Å². The van der Waals surface area contributed by atoms with Crippen molar-refractivity contribution >= 4 is 11.6 Å². The molecule has 0 fully saturated rings. The van der Waals surface area contributed by atoms with E-state index in [0.717, 1.165) is 34.1 Å². The lowest BCUT2D eigenvalue weighted by Crippen LogP contribution is -1.99. The Bertz CT molecular complexity index is 1040. The van der Waals surface area contributed by atoms with Crippen LogP contribution < -0.4 is 9.47 Å². The fraction of sp³-hybridized carbons (Fsp3) is 0.143. The highest BCUT2D eigenvalue weighted by Crippen LogP contribution is 2.35. The van der Waals surface area contributed by atoms with Gasteiger partial charge < -0.3 is 14.0 Å². The SMILES string of the molecule is Cc1cc(/C=C(\C#N)c2ccccn2)c(C)n1-c1ccc2c(c1)OCO2. The Balaban J connectivity index is 1.78. The summed E-state index contributed by atoms with van der Waals surface area (Å²) < 4.78 is 13.0. The Labute approximate surface area is 151 Å². The molecule has 5 heteroatoms. The van der Waals surface area contributed by atoms with E-state index in [0.29, 0.717) is 11.3 Å². The molecule has 0 bridgehead atoms. The van der Waals surface area contributed by atoms with Gasteiger partial charge in [-0.05, 0) is 55.8 Å². The summed E-state index contributed by atoms with van der Waals surface area (Å²) in [5, 5.41) is 9.54. The topological polar surface area (TPSA) is 60.1 Å². The van der Waals surface area contributed by atoms with Crippen LogP contribution in [-0.2, 0) is 0 Å². The number of nitrogens with zero attached hydrogens (tertiary/aromatic N) is 3. The second-order valence-corrected chi connectivity index (χ2v) is 6.08. The van der Waals surface area contributed by atoms with Crippen molar-refractivity contribution in [2.45, 2.75) is 13.8 Å². The molecule has 1 aromatic carbocycles. The lowest BCUT2D eigenvalue weighted by Gasteiger charge is -2.10. The van der Waals surface area contributed by atoms with Crippen molar-refractivity contribution < 1.29 is 9.47 Å². The van der Waals surface area contributed by atoms with Gasteiger partial charge >= 0.3 is 0 Å². The lowest BCUT2D eigenvalue weighted by molar-refractivity contribution is 0.174. The van der Waals surface area contributed by atoms with Crippen LogP contribution in [0.1, 0.15) is 22.6 Å². The number of aromatic nitrogens is 2. The standard InChI is InChI=1S/C21H17N3O2/c1-14-9-16(10-17(12-22)19-5-3-4-8-23-19)15(2)24(14)18-6-7-20-21(11-18)26-13-25-20/h3-11H,13H2,1-2H3/b17-10+. The highest BCUT2D eigenvalue weighted by molar-refractivity contribution is 5.88. The van der Waals surface area contributed by atoms with Gasteiger partial charge in [-0.2, -0.15) is 5.26 Å². The second-order valence-electron chi connectivity index (χ2n) is 6.08. The molecule has 3 heterocycles. The van der Waals surface area contributed by atoms with E-state index in [4.69, 9.17) is 9.47 Å². The van der Waals surface area contributed by atoms with Gasteiger partial charge in [-0.3, -0.25) is 4.98 Å². The van der Waals surface area contributed by atoms with Crippen molar-refractivity contribution in [2.24, 2.45) is 0 Å². The average Bonchev–Trinajstić information content (AvgIpc) is 3.24. The van der Waals surface area contributed by atoms with Crippen LogP contribution in [0.3, 0.4) is 0 Å². The van der Waals surface area contributed by atoms with Gasteiger partial charge in [-0.1, -0.05) is 6.07 Å². The first kappa shape index (κ1) is 16.0. The van der Waals surface area contributed by atoms with Gasteiger partial charge in [0.1, 0.15) is 6.07 Å². The van der Waals surface area contributed by atoms with E-state index < -0.39 is 0 Å². The summed E-state index contributed by atoms with van der Waals surface area (Å²) in [5.74, 6) is 1.51. The van der Waals surface area contributed by atoms with Crippen LogP contribution in [0.4, 0.5) is 0 Å². The maximum Gasteiger partial charge on any atom is 0.231 e. The van der Waals surface area contributed by atoms with E-state index in [9.17, 15) is 5.26 Å². The number of aryl methyl sites for hydroxylation is 1. The van der Waals surface area contributed by atoms with Crippen LogP contribution in [0.15, 0.2) is 48.7 Å². The third-order valence-electron chi connectivity index (χ3n) is 4.45. The summed E-state index contributed by atoms with van der Waals surface area (Å²) in [6, 6.07) is 15.8. The largest absolute Gasteiger partial charge is 0.454 e. The summed E-state index contributed by atoms with van der Waals surface area (Å²) in [7, 11) is 0. The molecule has 3 aromatic rings. The fourth-order valence-corrected chi connectivity index (χ4v) is 3.20. The van der Waals surface area contributed by atoms with Crippen LogP contribution in [0.2, 0.25) is 0 Å². The first-order valence-corrected chi connectivity index (χ1v) is 8.29. The number of fused-ring (bicyclic) bond motifs is 1. The summed E-state index contributed by atoms with van der Waals surface area (Å²) in [5.41, 5.74) is 5.32. The zero-order valence-electron chi connectivity index (χ0n) is 14.6. The van der Waals surface area contributed by atoms with Crippen molar-refractivity contribution in [3.05, 3.63) is 71.3 Å². The predicted octanol–water partition coefficient (Wildman–Crippen LogP) is 4.28. The third-order valence-corrected chi connectivity index (χ3v) is 4.45. The molecule has 4 rings (SSSR count). The first-order valence-electron chi connectivity index (χ1n) is 8.29. The zero-order valence-corrected chi connectivity index (χ0v) is 14.6. The van der Waals surface area contributed by atoms with Crippen molar-refractivity contribution in [1.29, 1.82) is 5.26 Å². The van der Waals surface area contributed by atoms with E-state index in [1.54, 1.807) is 6.20 Å². The third kappa shape index (κ3) is 2.72. The number of allylic oxidation sites excluding steroid dienone is 1. The Morgan fingerprint density at radius 1 is 1.15 bits per heavy atom. The molecule has 5 nitrogen and oxygen atoms in total. The maximum atomic E-state index is 9.54. The summed E-state index contributed by atoms with van der Waals surface area (Å²) in [6.07, 6.45) is 3.57. The monoisotopic (exact) mass is 343 g/mol. The van der Waals surface area contributed by atoms with E-state index >= 15 is 0 Å². The molecule has 1 aliphatic rings. The first-order chi connectivity index (χ1) is 12.7. The van der Waals surface area contributed by atoms with Gasteiger partial charge in [0.25, 0.3) is 0 Å². The Morgan fingerprint density at radius 2 is 2.00 bits per heavy atom. The summed E-state index contributed by atoms with van der Waals surface area (Å²) in [6.45, 7) is 4.34.